The molecular formula is C22H34FN3O4S. The highest BCUT2D eigenvalue weighted by atomic mass is 32.2. The SMILES string of the molecule is CC1CN(c2ccc(NC(=O)C3CCC(NS(=O)(=O)C(C)C)CC3)cc2)C(F)C(C)O1. The molecule has 1 saturated carbocycles. The van der Waals surface area contributed by atoms with Crippen LogP contribution in [0.1, 0.15) is 53.4 Å². The van der Waals surface area contributed by atoms with Crippen molar-refractivity contribution in [2.45, 2.75) is 83.2 Å². The van der Waals surface area contributed by atoms with E-state index in [2.05, 4.69) is 10.0 Å². The summed E-state index contributed by atoms with van der Waals surface area (Å²) in [5, 5.41) is 2.47. The maximum Gasteiger partial charge on any atom is 0.227 e. The largest absolute Gasteiger partial charge is 0.369 e. The van der Waals surface area contributed by atoms with Gasteiger partial charge >= 0.3 is 0 Å². The Hall–Kier alpha value is -1.71. The third-order valence-electron chi connectivity index (χ3n) is 6.10. The highest BCUT2D eigenvalue weighted by Crippen LogP contribution is 2.29. The molecule has 174 valence electrons. The molecule has 0 radical (unpaired) electrons. The van der Waals surface area contributed by atoms with Gasteiger partial charge in [0.1, 0.15) is 6.10 Å². The van der Waals surface area contributed by atoms with Gasteiger partial charge in [0.2, 0.25) is 15.9 Å². The molecule has 1 aromatic carbocycles. The van der Waals surface area contributed by atoms with Crippen molar-refractivity contribution in [3.05, 3.63) is 24.3 Å². The monoisotopic (exact) mass is 455 g/mol. The molecule has 2 fully saturated rings. The molecule has 1 aromatic rings. The average molecular weight is 456 g/mol. The fourth-order valence-electron chi connectivity index (χ4n) is 4.18. The van der Waals surface area contributed by atoms with E-state index < -0.39 is 27.7 Å². The van der Waals surface area contributed by atoms with E-state index in [9.17, 15) is 17.6 Å². The van der Waals surface area contributed by atoms with E-state index in [0.717, 1.165) is 5.69 Å². The van der Waals surface area contributed by atoms with E-state index in [0.29, 0.717) is 37.9 Å². The first-order valence-corrected chi connectivity index (χ1v) is 12.6. The number of amides is 1. The Morgan fingerprint density at radius 3 is 2.32 bits per heavy atom. The van der Waals surface area contributed by atoms with Gasteiger partial charge in [-0.05, 0) is 77.6 Å². The number of ether oxygens (including phenoxy) is 1. The van der Waals surface area contributed by atoms with E-state index >= 15 is 0 Å². The van der Waals surface area contributed by atoms with Crippen molar-refractivity contribution in [1.82, 2.24) is 4.72 Å². The molecule has 0 aromatic heterocycles. The van der Waals surface area contributed by atoms with Gasteiger partial charge in [-0.3, -0.25) is 4.79 Å². The summed E-state index contributed by atoms with van der Waals surface area (Å²) in [5.41, 5.74) is 1.42. The molecule has 0 bridgehead atoms. The first-order chi connectivity index (χ1) is 14.6. The Bertz CT molecular complexity index is 854. The number of benzene rings is 1. The van der Waals surface area contributed by atoms with Crippen LogP contribution in [0.5, 0.6) is 0 Å². The van der Waals surface area contributed by atoms with Crippen LogP contribution in [-0.2, 0) is 19.6 Å². The number of morpholine rings is 1. The molecular weight excluding hydrogens is 421 g/mol. The summed E-state index contributed by atoms with van der Waals surface area (Å²) in [5.74, 6) is -0.203. The fraction of sp³-hybridized carbons (Fsp3) is 0.682. The molecule has 1 aliphatic carbocycles. The molecule has 31 heavy (non-hydrogen) atoms. The highest BCUT2D eigenvalue weighted by Gasteiger charge is 2.33. The lowest BCUT2D eigenvalue weighted by atomic mass is 9.86. The Balaban J connectivity index is 1.52. The molecule has 1 heterocycles. The van der Waals surface area contributed by atoms with Crippen LogP contribution < -0.4 is 14.9 Å². The van der Waals surface area contributed by atoms with Crippen LogP contribution in [0.15, 0.2) is 24.3 Å². The van der Waals surface area contributed by atoms with Crippen molar-refractivity contribution < 1.29 is 22.3 Å². The van der Waals surface area contributed by atoms with Crippen LogP contribution in [0, 0.1) is 5.92 Å². The number of anilines is 2. The van der Waals surface area contributed by atoms with Gasteiger partial charge in [0, 0.05) is 29.9 Å². The van der Waals surface area contributed by atoms with E-state index in [1.807, 2.05) is 19.1 Å². The van der Waals surface area contributed by atoms with E-state index in [1.165, 1.54) is 0 Å². The van der Waals surface area contributed by atoms with Gasteiger partial charge in [0.15, 0.2) is 6.30 Å². The minimum atomic E-state index is -3.30. The Kier molecular flexibility index (Phi) is 7.59. The molecule has 1 saturated heterocycles. The fourth-order valence-corrected chi connectivity index (χ4v) is 5.15. The van der Waals surface area contributed by atoms with Gasteiger partial charge in [-0.1, -0.05) is 0 Å². The molecule has 2 aliphatic rings. The number of alkyl halides is 1. The summed E-state index contributed by atoms with van der Waals surface area (Å²) < 4.78 is 46.9. The van der Waals surface area contributed by atoms with Gasteiger partial charge in [-0.2, -0.15) is 0 Å². The zero-order chi connectivity index (χ0) is 22.8. The number of nitrogens with one attached hydrogen (secondary N) is 2. The van der Waals surface area contributed by atoms with Crippen molar-refractivity contribution in [3.63, 3.8) is 0 Å². The number of hydrogen-bond donors (Lipinski definition) is 2. The standard InChI is InChI=1S/C22H34FN3O4S/c1-14(2)31(28,29)25-19-7-5-17(6-8-19)22(27)24-18-9-11-20(12-10-18)26-13-15(3)30-16(4)21(26)23/h9-12,14-17,19,21,25H,5-8,13H2,1-4H3,(H,24,27). The van der Waals surface area contributed by atoms with Gasteiger partial charge in [-0.15, -0.1) is 0 Å². The molecule has 1 aliphatic heterocycles. The number of nitrogens with zero attached hydrogens (tertiary/aromatic N) is 1. The normalized spacial score (nSPS) is 29.7. The Morgan fingerprint density at radius 2 is 1.74 bits per heavy atom. The van der Waals surface area contributed by atoms with Crippen molar-refractivity contribution in [3.8, 4) is 0 Å². The molecule has 2 N–H and O–H groups in total. The summed E-state index contributed by atoms with van der Waals surface area (Å²) >= 11 is 0. The summed E-state index contributed by atoms with van der Waals surface area (Å²) in [6.45, 7) is 7.43. The Morgan fingerprint density at radius 1 is 1.13 bits per heavy atom. The second-order valence-corrected chi connectivity index (χ2v) is 11.2. The van der Waals surface area contributed by atoms with Gasteiger partial charge in [0.05, 0.1) is 11.4 Å². The molecule has 3 unspecified atom stereocenters. The molecule has 9 heteroatoms. The summed E-state index contributed by atoms with van der Waals surface area (Å²) in [6.07, 6.45) is 0.817. The molecule has 3 rings (SSSR count). The summed E-state index contributed by atoms with van der Waals surface area (Å²) in [6, 6.07) is 7.08. The number of sulfonamides is 1. The van der Waals surface area contributed by atoms with E-state index in [1.54, 1.807) is 37.8 Å². The number of carbonyl (C=O) groups excluding carboxylic acids is 1. The van der Waals surface area contributed by atoms with Crippen molar-refractivity contribution >= 4 is 27.3 Å². The van der Waals surface area contributed by atoms with Crippen LogP contribution in [0.3, 0.4) is 0 Å². The maximum atomic E-state index is 14.5. The molecule has 7 nitrogen and oxygen atoms in total. The van der Waals surface area contributed by atoms with Crippen LogP contribution in [-0.4, -0.2) is 50.7 Å². The van der Waals surface area contributed by atoms with Crippen LogP contribution in [0.2, 0.25) is 0 Å². The van der Waals surface area contributed by atoms with Crippen LogP contribution in [0.25, 0.3) is 0 Å². The predicted octanol–water partition coefficient (Wildman–Crippen LogP) is 3.42. The van der Waals surface area contributed by atoms with Crippen molar-refractivity contribution in [2.75, 3.05) is 16.8 Å². The number of carbonyl (C=O) groups is 1. The van der Waals surface area contributed by atoms with Crippen molar-refractivity contribution in [1.29, 1.82) is 0 Å². The lowest BCUT2D eigenvalue weighted by Crippen LogP contribution is -2.51. The second kappa shape index (κ2) is 9.83. The predicted molar refractivity (Wildman–Crippen MR) is 120 cm³/mol. The van der Waals surface area contributed by atoms with Gasteiger partial charge in [-0.25, -0.2) is 17.5 Å². The zero-order valence-electron chi connectivity index (χ0n) is 18.7. The molecule has 0 spiro atoms. The first kappa shape index (κ1) is 23.9. The average Bonchev–Trinajstić information content (AvgIpc) is 2.71. The minimum absolute atomic E-state index is 0.0541. The van der Waals surface area contributed by atoms with E-state index in [4.69, 9.17) is 4.74 Å². The third kappa shape index (κ3) is 5.96. The zero-order valence-corrected chi connectivity index (χ0v) is 19.5. The second-order valence-electron chi connectivity index (χ2n) is 8.97. The van der Waals surface area contributed by atoms with Gasteiger partial charge < -0.3 is 15.0 Å². The molecule has 3 atom stereocenters. The topological polar surface area (TPSA) is 87.7 Å². The number of rotatable bonds is 6. The van der Waals surface area contributed by atoms with Crippen molar-refractivity contribution in [2.24, 2.45) is 5.92 Å². The third-order valence-corrected chi connectivity index (χ3v) is 8.00. The summed E-state index contributed by atoms with van der Waals surface area (Å²) in [4.78, 5) is 14.3. The lowest BCUT2D eigenvalue weighted by molar-refractivity contribution is -0.120. The maximum absolute atomic E-state index is 14.5. The van der Waals surface area contributed by atoms with Gasteiger partial charge in [0.25, 0.3) is 0 Å². The highest BCUT2D eigenvalue weighted by molar-refractivity contribution is 7.90. The Labute approximate surface area is 184 Å². The minimum Gasteiger partial charge on any atom is -0.369 e. The lowest BCUT2D eigenvalue weighted by Gasteiger charge is -2.39. The van der Waals surface area contributed by atoms with Crippen LogP contribution in [0.4, 0.5) is 15.8 Å². The first-order valence-electron chi connectivity index (χ1n) is 11.0. The smallest absolute Gasteiger partial charge is 0.227 e. The van der Waals surface area contributed by atoms with Crippen LogP contribution >= 0.6 is 0 Å². The number of halogens is 1. The molecule has 1 amide bonds. The quantitative estimate of drug-likeness (QED) is 0.642. The number of hydrogen-bond acceptors (Lipinski definition) is 5. The summed E-state index contributed by atoms with van der Waals surface area (Å²) in [7, 11) is -3.30. The van der Waals surface area contributed by atoms with E-state index in [-0.39, 0.29) is 24.0 Å².